The fourth-order valence-corrected chi connectivity index (χ4v) is 4.06. The molecule has 2 heterocycles. The first kappa shape index (κ1) is 20.6. The first-order valence-electron chi connectivity index (χ1n) is 10.3. The molecular formula is C21H31N3O4. The van der Waals surface area contributed by atoms with E-state index in [1.807, 2.05) is 0 Å². The van der Waals surface area contributed by atoms with Gasteiger partial charge in [0.15, 0.2) is 0 Å². The van der Waals surface area contributed by atoms with Gasteiger partial charge in [-0.25, -0.2) is 4.79 Å². The van der Waals surface area contributed by atoms with Crippen molar-refractivity contribution >= 4 is 17.7 Å². The largest absolute Gasteiger partial charge is 0.447 e. The molecule has 2 aliphatic heterocycles. The fraction of sp³-hybridized carbons (Fsp3) is 0.619. The number of hydrogen-bond donors (Lipinski definition) is 1. The maximum atomic E-state index is 12.7. The predicted molar refractivity (Wildman–Crippen MR) is 108 cm³/mol. The van der Waals surface area contributed by atoms with Crippen LogP contribution >= 0.6 is 0 Å². The zero-order valence-electron chi connectivity index (χ0n) is 16.9. The molecule has 2 aliphatic rings. The number of benzene rings is 1. The number of amides is 2. The third-order valence-corrected chi connectivity index (χ3v) is 5.78. The summed E-state index contributed by atoms with van der Waals surface area (Å²) in [6.45, 7) is 9.34. The summed E-state index contributed by atoms with van der Waals surface area (Å²) in [6, 6.07) is 7.43. The third-order valence-electron chi connectivity index (χ3n) is 5.78. The molecular weight excluding hydrogens is 358 g/mol. The molecule has 1 aromatic carbocycles. The first-order chi connectivity index (χ1) is 13.6. The molecule has 28 heavy (non-hydrogen) atoms. The van der Waals surface area contributed by atoms with Gasteiger partial charge < -0.3 is 14.8 Å². The lowest BCUT2D eigenvalue weighted by Crippen LogP contribution is -2.52. The van der Waals surface area contributed by atoms with Gasteiger partial charge in [-0.3, -0.25) is 14.6 Å². The molecule has 1 N–H and O–H groups in total. The van der Waals surface area contributed by atoms with Crippen LogP contribution in [0.4, 0.5) is 10.5 Å². The summed E-state index contributed by atoms with van der Waals surface area (Å²) in [5.41, 5.74) is 1.35. The number of morpholine rings is 1. The molecule has 0 radical (unpaired) electrons. The normalized spacial score (nSPS) is 19.0. The van der Waals surface area contributed by atoms with Crippen molar-refractivity contribution in [2.24, 2.45) is 5.92 Å². The van der Waals surface area contributed by atoms with Gasteiger partial charge in [0.05, 0.1) is 19.8 Å². The Balaban J connectivity index is 1.61. The molecule has 0 aliphatic carbocycles. The number of nitrogens with zero attached hydrogens (tertiary/aromatic N) is 2. The molecule has 1 atom stereocenters. The molecule has 2 fully saturated rings. The minimum atomic E-state index is -0.337. The first-order valence-corrected chi connectivity index (χ1v) is 10.3. The van der Waals surface area contributed by atoms with Crippen molar-refractivity contribution < 1.29 is 19.1 Å². The lowest BCUT2D eigenvalue weighted by Gasteiger charge is -2.38. The maximum Gasteiger partial charge on any atom is 0.414 e. The van der Waals surface area contributed by atoms with Crippen LogP contribution in [-0.2, 0) is 9.47 Å². The average Bonchev–Trinajstić information content (AvgIpc) is 3.17. The number of rotatable bonds is 8. The Hall–Kier alpha value is -2.12. The zero-order chi connectivity index (χ0) is 19.9. The van der Waals surface area contributed by atoms with Gasteiger partial charge in [0, 0.05) is 36.9 Å². The number of hydrogen-bond acceptors (Lipinski definition) is 5. The van der Waals surface area contributed by atoms with E-state index in [1.54, 1.807) is 29.2 Å². The zero-order valence-corrected chi connectivity index (χ0v) is 16.9. The van der Waals surface area contributed by atoms with E-state index in [-0.39, 0.29) is 12.0 Å². The van der Waals surface area contributed by atoms with Crippen LogP contribution in [0.2, 0.25) is 0 Å². The summed E-state index contributed by atoms with van der Waals surface area (Å²) in [5.74, 6) is 0.460. The summed E-state index contributed by atoms with van der Waals surface area (Å²) >= 11 is 0. The van der Waals surface area contributed by atoms with Crippen LogP contribution < -0.4 is 10.2 Å². The van der Waals surface area contributed by atoms with Crippen LogP contribution in [0.25, 0.3) is 0 Å². The van der Waals surface area contributed by atoms with E-state index in [4.69, 9.17) is 9.47 Å². The highest BCUT2D eigenvalue weighted by Crippen LogP contribution is 2.21. The van der Waals surface area contributed by atoms with Crippen molar-refractivity contribution in [3.8, 4) is 0 Å². The van der Waals surface area contributed by atoms with Crippen molar-refractivity contribution in [3.05, 3.63) is 29.8 Å². The average molecular weight is 389 g/mol. The molecule has 1 unspecified atom stereocenters. The van der Waals surface area contributed by atoms with Gasteiger partial charge in [-0.2, -0.15) is 0 Å². The topological polar surface area (TPSA) is 71.1 Å². The summed E-state index contributed by atoms with van der Waals surface area (Å²) in [7, 11) is 0. The molecule has 154 valence electrons. The molecule has 0 saturated carbocycles. The number of carbonyl (C=O) groups excluding carboxylic acids is 2. The van der Waals surface area contributed by atoms with Crippen LogP contribution in [0.1, 0.15) is 37.0 Å². The Morgan fingerprint density at radius 1 is 1.07 bits per heavy atom. The molecule has 3 rings (SSSR count). The molecule has 1 aromatic rings. The van der Waals surface area contributed by atoms with Gasteiger partial charge in [-0.1, -0.05) is 26.7 Å². The molecule has 0 aromatic heterocycles. The van der Waals surface area contributed by atoms with E-state index in [1.165, 1.54) is 0 Å². The van der Waals surface area contributed by atoms with Gasteiger partial charge in [0.2, 0.25) is 0 Å². The van der Waals surface area contributed by atoms with E-state index < -0.39 is 0 Å². The van der Waals surface area contributed by atoms with E-state index in [2.05, 4.69) is 24.1 Å². The second-order valence-corrected chi connectivity index (χ2v) is 7.32. The van der Waals surface area contributed by atoms with Crippen molar-refractivity contribution in [2.75, 3.05) is 50.9 Å². The Morgan fingerprint density at radius 3 is 2.32 bits per heavy atom. The van der Waals surface area contributed by atoms with Gasteiger partial charge in [-0.05, 0) is 30.2 Å². The summed E-state index contributed by atoms with van der Waals surface area (Å²) in [5, 5.41) is 3.12. The molecule has 0 spiro atoms. The van der Waals surface area contributed by atoms with E-state index in [9.17, 15) is 9.59 Å². The smallest absolute Gasteiger partial charge is 0.414 e. The van der Waals surface area contributed by atoms with Crippen molar-refractivity contribution in [2.45, 2.75) is 32.7 Å². The molecule has 7 nitrogen and oxygen atoms in total. The second-order valence-electron chi connectivity index (χ2n) is 7.32. The van der Waals surface area contributed by atoms with Crippen LogP contribution in [0.3, 0.4) is 0 Å². The monoisotopic (exact) mass is 389 g/mol. The predicted octanol–water partition coefficient (Wildman–Crippen LogP) is 2.51. The number of cyclic esters (lactones) is 1. The number of carbonyl (C=O) groups is 2. The maximum absolute atomic E-state index is 12.7. The van der Waals surface area contributed by atoms with Gasteiger partial charge >= 0.3 is 6.09 Å². The van der Waals surface area contributed by atoms with Crippen LogP contribution in [-0.4, -0.2) is 68.9 Å². The number of ether oxygens (including phenoxy) is 2. The van der Waals surface area contributed by atoms with Gasteiger partial charge in [-0.15, -0.1) is 0 Å². The standard InChI is InChI=1S/C21H31N3O4/c1-3-16(4-2)19(23-9-12-27-13-10-23)15-22-20(25)17-5-7-18(8-6-17)24-11-14-28-21(24)26/h5-8,16,19H,3-4,9-15H2,1-2H3,(H,22,25). The van der Waals surface area contributed by atoms with Gasteiger partial charge in [0.25, 0.3) is 5.91 Å². The third kappa shape index (κ3) is 4.83. The Morgan fingerprint density at radius 2 is 1.75 bits per heavy atom. The van der Waals surface area contributed by atoms with Gasteiger partial charge in [0.1, 0.15) is 6.61 Å². The Labute approximate surface area is 167 Å². The van der Waals surface area contributed by atoms with Crippen LogP contribution in [0, 0.1) is 5.92 Å². The molecule has 7 heteroatoms. The summed E-state index contributed by atoms with van der Waals surface area (Å²) < 4.78 is 10.4. The van der Waals surface area contributed by atoms with E-state index in [0.717, 1.165) is 44.8 Å². The lowest BCUT2D eigenvalue weighted by molar-refractivity contribution is 0.00191. The minimum absolute atomic E-state index is 0.0836. The fourth-order valence-electron chi connectivity index (χ4n) is 4.06. The Bertz CT molecular complexity index is 654. The lowest BCUT2D eigenvalue weighted by atomic mass is 9.92. The quantitative estimate of drug-likeness (QED) is 0.740. The van der Waals surface area contributed by atoms with Crippen molar-refractivity contribution in [3.63, 3.8) is 0 Å². The molecule has 2 saturated heterocycles. The highest BCUT2D eigenvalue weighted by atomic mass is 16.6. The minimum Gasteiger partial charge on any atom is -0.447 e. The highest BCUT2D eigenvalue weighted by Gasteiger charge is 2.27. The Kier molecular flexibility index (Phi) is 7.28. The second kappa shape index (κ2) is 9.89. The summed E-state index contributed by atoms with van der Waals surface area (Å²) in [4.78, 5) is 28.3. The molecule has 0 bridgehead atoms. The van der Waals surface area contributed by atoms with Crippen molar-refractivity contribution in [1.82, 2.24) is 10.2 Å². The van der Waals surface area contributed by atoms with Crippen LogP contribution in [0.15, 0.2) is 24.3 Å². The molecule has 2 amide bonds. The highest BCUT2D eigenvalue weighted by molar-refractivity contribution is 5.95. The SMILES string of the molecule is CCC(CC)C(CNC(=O)c1ccc(N2CCOC2=O)cc1)N1CCOCC1. The van der Waals surface area contributed by atoms with E-state index in [0.29, 0.717) is 37.2 Å². The van der Waals surface area contributed by atoms with E-state index >= 15 is 0 Å². The van der Waals surface area contributed by atoms with Crippen LogP contribution in [0.5, 0.6) is 0 Å². The van der Waals surface area contributed by atoms with Crippen molar-refractivity contribution in [1.29, 1.82) is 0 Å². The number of anilines is 1. The summed E-state index contributed by atoms with van der Waals surface area (Å²) in [6.07, 6.45) is 1.85. The number of nitrogens with one attached hydrogen (secondary N) is 1.